The highest BCUT2D eigenvalue weighted by atomic mass is 16.5. The van der Waals surface area contributed by atoms with Gasteiger partial charge >= 0.3 is 0 Å². The van der Waals surface area contributed by atoms with Gasteiger partial charge in [0.25, 0.3) is 0 Å². The van der Waals surface area contributed by atoms with E-state index >= 15 is 0 Å². The predicted molar refractivity (Wildman–Crippen MR) is 55.9 cm³/mol. The lowest BCUT2D eigenvalue weighted by molar-refractivity contribution is -0.0544. The first kappa shape index (κ1) is 11.0. The van der Waals surface area contributed by atoms with Gasteiger partial charge in [-0.25, -0.2) is 0 Å². The van der Waals surface area contributed by atoms with Crippen molar-refractivity contribution in [2.45, 2.75) is 52.7 Å². The summed E-state index contributed by atoms with van der Waals surface area (Å²) in [5.41, 5.74) is 0.377. The van der Waals surface area contributed by atoms with Gasteiger partial charge in [-0.3, -0.25) is 0 Å². The molecule has 0 radical (unpaired) electrons. The molecule has 0 aromatic carbocycles. The fourth-order valence-electron chi connectivity index (χ4n) is 1.82. The zero-order valence-corrected chi connectivity index (χ0v) is 9.39. The Kier molecular flexibility index (Phi) is 3.74. The van der Waals surface area contributed by atoms with E-state index in [2.05, 4.69) is 33.0 Å². The third kappa shape index (κ3) is 4.10. The van der Waals surface area contributed by atoms with Crippen LogP contribution in [0.3, 0.4) is 0 Å². The van der Waals surface area contributed by atoms with Gasteiger partial charge in [-0.05, 0) is 18.3 Å². The molecule has 2 atom stereocenters. The highest BCUT2D eigenvalue weighted by molar-refractivity contribution is 4.77. The molecule has 78 valence electrons. The summed E-state index contributed by atoms with van der Waals surface area (Å²) in [5.74, 6) is 0. The number of hydrogen-bond acceptors (Lipinski definition) is 2. The van der Waals surface area contributed by atoms with Crippen molar-refractivity contribution in [3.63, 3.8) is 0 Å². The summed E-state index contributed by atoms with van der Waals surface area (Å²) < 4.78 is 5.95. The summed E-state index contributed by atoms with van der Waals surface area (Å²) in [7, 11) is 0. The Hall–Kier alpha value is -0.0800. The van der Waals surface area contributed by atoms with E-state index in [1.54, 1.807) is 0 Å². The van der Waals surface area contributed by atoms with Crippen molar-refractivity contribution < 1.29 is 4.74 Å². The Bertz CT molecular complexity index is 151. The minimum atomic E-state index is 0.377. The van der Waals surface area contributed by atoms with Crippen LogP contribution in [0.25, 0.3) is 0 Å². The van der Waals surface area contributed by atoms with Crippen molar-refractivity contribution in [2.75, 3.05) is 13.1 Å². The smallest absolute Gasteiger partial charge is 0.0708 e. The van der Waals surface area contributed by atoms with E-state index in [0.717, 1.165) is 25.9 Å². The first-order valence-corrected chi connectivity index (χ1v) is 5.37. The van der Waals surface area contributed by atoms with Crippen molar-refractivity contribution in [3.05, 3.63) is 0 Å². The van der Waals surface area contributed by atoms with Crippen molar-refractivity contribution in [1.82, 2.24) is 5.32 Å². The Morgan fingerprint density at radius 1 is 1.23 bits per heavy atom. The molecule has 1 saturated heterocycles. The summed E-state index contributed by atoms with van der Waals surface area (Å²) in [6.45, 7) is 11.0. The number of morpholine rings is 1. The van der Waals surface area contributed by atoms with E-state index in [4.69, 9.17) is 4.74 Å². The molecule has 0 bridgehead atoms. The van der Waals surface area contributed by atoms with Gasteiger partial charge in [0.1, 0.15) is 0 Å². The molecule has 2 unspecified atom stereocenters. The van der Waals surface area contributed by atoms with Gasteiger partial charge in [-0.15, -0.1) is 0 Å². The molecule has 0 spiro atoms. The lowest BCUT2D eigenvalue weighted by Crippen LogP contribution is -2.45. The maximum atomic E-state index is 5.95. The second-order valence-electron chi connectivity index (χ2n) is 5.21. The van der Waals surface area contributed by atoms with Crippen LogP contribution >= 0.6 is 0 Å². The van der Waals surface area contributed by atoms with E-state index in [-0.39, 0.29) is 0 Å². The highest BCUT2D eigenvalue weighted by Gasteiger charge is 2.24. The molecule has 0 saturated carbocycles. The van der Waals surface area contributed by atoms with E-state index in [9.17, 15) is 0 Å². The van der Waals surface area contributed by atoms with Crippen LogP contribution in [0.5, 0.6) is 0 Å². The molecule has 0 aliphatic carbocycles. The molecule has 1 fully saturated rings. The molecule has 0 amide bonds. The van der Waals surface area contributed by atoms with Crippen molar-refractivity contribution in [2.24, 2.45) is 5.41 Å². The van der Waals surface area contributed by atoms with Crippen LogP contribution in [-0.2, 0) is 4.74 Å². The Morgan fingerprint density at radius 2 is 1.85 bits per heavy atom. The first-order chi connectivity index (χ1) is 6.01. The molecule has 0 aromatic rings. The monoisotopic (exact) mass is 185 g/mol. The molecule has 1 aliphatic rings. The SMILES string of the molecule is CCC1CNCC(CC(C)(C)C)O1. The van der Waals surface area contributed by atoms with Crippen LogP contribution in [0.1, 0.15) is 40.5 Å². The van der Waals surface area contributed by atoms with Gasteiger partial charge < -0.3 is 10.1 Å². The first-order valence-electron chi connectivity index (χ1n) is 5.37. The zero-order valence-electron chi connectivity index (χ0n) is 9.39. The summed E-state index contributed by atoms with van der Waals surface area (Å²) in [6.07, 6.45) is 3.12. The Labute approximate surface area is 82.0 Å². The molecule has 1 heterocycles. The van der Waals surface area contributed by atoms with Crippen LogP contribution in [-0.4, -0.2) is 25.3 Å². The lowest BCUT2D eigenvalue weighted by Gasteiger charge is -2.34. The minimum Gasteiger partial charge on any atom is -0.372 e. The minimum absolute atomic E-state index is 0.377. The lowest BCUT2D eigenvalue weighted by atomic mass is 9.88. The standard InChI is InChI=1S/C11H23NO/c1-5-9-7-12-8-10(13-9)6-11(2,3)4/h9-10,12H,5-8H2,1-4H3. The van der Waals surface area contributed by atoms with Crippen molar-refractivity contribution >= 4 is 0 Å². The quantitative estimate of drug-likeness (QED) is 0.712. The van der Waals surface area contributed by atoms with E-state index in [1.165, 1.54) is 0 Å². The molecule has 1 rings (SSSR count). The fraction of sp³-hybridized carbons (Fsp3) is 1.00. The second kappa shape index (κ2) is 4.43. The number of hydrogen-bond donors (Lipinski definition) is 1. The average molecular weight is 185 g/mol. The van der Waals surface area contributed by atoms with Crippen LogP contribution < -0.4 is 5.32 Å². The Balaban J connectivity index is 2.34. The van der Waals surface area contributed by atoms with E-state index < -0.39 is 0 Å². The average Bonchev–Trinajstić information content (AvgIpc) is 2.01. The summed E-state index contributed by atoms with van der Waals surface area (Å²) >= 11 is 0. The van der Waals surface area contributed by atoms with Crippen LogP contribution in [0.2, 0.25) is 0 Å². The summed E-state index contributed by atoms with van der Waals surface area (Å²) in [5, 5.41) is 3.43. The normalized spacial score (nSPS) is 30.5. The molecule has 0 aromatic heterocycles. The van der Waals surface area contributed by atoms with Gasteiger partial charge in [0.05, 0.1) is 12.2 Å². The third-order valence-electron chi connectivity index (χ3n) is 2.42. The van der Waals surface area contributed by atoms with Crippen molar-refractivity contribution in [1.29, 1.82) is 0 Å². The third-order valence-corrected chi connectivity index (χ3v) is 2.42. The largest absolute Gasteiger partial charge is 0.372 e. The van der Waals surface area contributed by atoms with Gasteiger partial charge in [-0.2, -0.15) is 0 Å². The van der Waals surface area contributed by atoms with Crippen molar-refractivity contribution in [3.8, 4) is 0 Å². The maximum Gasteiger partial charge on any atom is 0.0708 e. The maximum absolute atomic E-state index is 5.95. The molecule has 2 nitrogen and oxygen atoms in total. The van der Waals surface area contributed by atoms with Gasteiger partial charge in [0.15, 0.2) is 0 Å². The van der Waals surface area contributed by atoms with Crippen LogP contribution in [0.15, 0.2) is 0 Å². The Morgan fingerprint density at radius 3 is 2.38 bits per heavy atom. The number of nitrogens with one attached hydrogen (secondary N) is 1. The van der Waals surface area contributed by atoms with Crippen LogP contribution in [0, 0.1) is 5.41 Å². The molecule has 1 N–H and O–H groups in total. The van der Waals surface area contributed by atoms with Crippen LogP contribution in [0.4, 0.5) is 0 Å². The summed E-state index contributed by atoms with van der Waals surface area (Å²) in [4.78, 5) is 0. The number of rotatable bonds is 2. The molecular formula is C11H23NO. The predicted octanol–water partition coefficient (Wildman–Crippen LogP) is 2.19. The molecule has 1 aliphatic heterocycles. The molecule has 13 heavy (non-hydrogen) atoms. The van der Waals surface area contributed by atoms with Gasteiger partial charge in [0.2, 0.25) is 0 Å². The summed E-state index contributed by atoms with van der Waals surface area (Å²) in [6, 6.07) is 0. The molecule has 2 heteroatoms. The number of ether oxygens (including phenoxy) is 1. The zero-order chi connectivity index (χ0) is 9.90. The topological polar surface area (TPSA) is 21.3 Å². The van der Waals surface area contributed by atoms with Gasteiger partial charge in [0, 0.05) is 13.1 Å². The second-order valence-corrected chi connectivity index (χ2v) is 5.21. The van der Waals surface area contributed by atoms with Gasteiger partial charge in [-0.1, -0.05) is 27.7 Å². The molecular weight excluding hydrogens is 162 g/mol. The highest BCUT2D eigenvalue weighted by Crippen LogP contribution is 2.24. The van der Waals surface area contributed by atoms with E-state index in [1.807, 2.05) is 0 Å². The van der Waals surface area contributed by atoms with E-state index in [0.29, 0.717) is 17.6 Å². The fourth-order valence-corrected chi connectivity index (χ4v) is 1.82.